The van der Waals surface area contributed by atoms with Crippen molar-refractivity contribution >= 4 is 17.0 Å². The molecule has 0 radical (unpaired) electrons. The fourth-order valence-electron chi connectivity index (χ4n) is 2.87. The van der Waals surface area contributed by atoms with Gasteiger partial charge in [0, 0.05) is 6.61 Å². The Balaban J connectivity index is 2.05. The van der Waals surface area contributed by atoms with Gasteiger partial charge in [0.25, 0.3) is 0 Å². The molecule has 114 valence electrons. The normalized spacial score (nSPS) is 21.0. The number of anilines is 1. The van der Waals surface area contributed by atoms with Gasteiger partial charge in [-0.25, -0.2) is 4.98 Å². The molecule has 1 aromatic heterocycles. The van der Waals surface area contributed by atoms with E-state index in [2.05, 4.69) is 4.98 Å². The number of hydrogen-bond acceptors (Lipinski definition) is 3. The van der Waals surface area contributed by atoms with Crippen molar-refractivity contribution in [3.05, 3.63) is 23.8 Å². The van der Waals surface area contributed by atoms with E-state index in [1.54, 1.807) is 4.57 Å². The second-order valence-electron chi connectivity index (χ2n) is 5.33. The molecule has 21 heavy (non-hydrogen) atoms. The number of halogens is 3. The Hall–Kier alpha value is -1.76. The van der Waals surface area contributed by atoms with Crippen LogP contribution in [0.25, 0.3) is 11.0 Å². The third kappa shape index (κ3) is 2.46. The maximum Gasteiger partial charge on any atom is 0.416 e. The van der Waals surface area contributed by atoms with Crippen LogP contribution in [0.15, 0.2) is 18.2 Å². The molecule has 1 saturated heterocycles. The van der Waals surface area contributed by atoms with Gasteiger partial charge in [0.15, 0.2) is 0 Å². The van der Waals surface area contributed by atoms with Crippen molar-refractivity contribution in [1.29, 1.82) is 0 Å². The average molecular weight is 299 g/mol. The largest absolute Gasteiger partial charge is 0.416 e. The van der Waals surface area contributed by atoms with Crippen LogP contribution in [-0.2, 0) is 10.9 Å². The smallest absolute Gasteiger partial charge is 0.376 e. The zero-order valence-corrected chi connectivity index (χ0v) is 11.5. The molecule has 1 aliphatic rings. The van der Waals surface area contributed by atoms with Gasteiger partial charge in [-0.1, -0.05) is 0 Å². The first-order valence-electron chi connectivity index (χ1n) is 6.84. The summed E-state index contributed by atoms with van der Waals surface area (Å²) in [5.41, 5.74) is 6.04. The maximum absolute atomic E-state index is 12.7. The first-order valence-corrected chi connectivity index (χ1v) is 6.84. The molecule has 0 amide bonds. The summed E-state index contributed by atoms with van der Waals surface area (Å²) in [4.78, 5) is 4.06. The first-order chi connectivity index (χ1) is 9.88. The van der Waals surface area contributed by atoms with Gasteiger partial charge in [-0.05, 0) is 38.0 Å². The minimum Gasteiger partial charge on any atom is -0.376 e. The summed E-state index contributed by atoms with van der Waals surface area (Å²) < 4.78 is 45.6. The number of fused-ring (bicyclic) bond motifs is 1. The number of hydrogen-bond donors (Lipinski definition) is 1. The summed E-state index contributed by atoms with van der Waals surface area (Å²) >= 11 is 0. The van der Waals surface area contributed by atoms with Gasteiger partial charge in [0.1, 0.15) is 0 Å². The second kappa shape index (κ2) is 4.91. The van der Waals surface area contributed by atoms with Crippen molar-refractivity contribution in [2.24, 2.45) is 0 Å². The SMILES string of the molecule is CC(C1CCCO1)n1c(N)nc2cc(C(F)(F)F)ccc21. The number of nitrogen functional groups attached to an aromatic ring is 1. The Morgan fingerprint density at radius 2 is 2.19 bits per heavy atom. The fourth-order valence-corrected chi connectivity index (χ4v) is 2.87. The van der Waals surface area contributed by atoms with Gasteiger partial charge in [-0.3, -0.25) is 0 Å². The number of nitrogens with zero attached hydrogens (tertiary/aromatic N) is 2. The maximum atomic E-state index is 12.7. The number of aromatic nitrogens is 2. The molecule has 0 bridgehead atoms. The summed E-state index contributed by atoms with van der Waals surface area (Å²) in [6.45, 7) is 2.66. The van der Waals surface area contributed by atoms with Crippen LogP contribution in [0.3, 0.4) is 0 Å². The highest BCUT2D eigenvalue weighted by Gasteiger charge is 2.32. The monoisotopic (exact) mass is 299 g/mol. The Morgan fingerprint density at radius 3 is 2.81 bits per heavy atom. The highest BCUT2D eigenvalue weighted by molar-refractivity contribution is 5.79. The summed E-state index contributed by atoms with van der Waals surface area (Å²) in [5, 5.41) is 0. The van der Waals surface area contributed by atoms with E-state index in [0.717, 1.165) is 25.0 Å². The van der Waals surface area contributed by atoms with Crippen molar-refractivity contribution in [3.8, 4) is 0 Å². The molecule has 1 fully saturated rings. The van der Waals surface area contributed by atoms with Crippen LogP contribution in [0.4, 0.5) is 19.1 Å². The molecule has 0 spiro atoms. The number of rotatable bonds is 2. The highest BCUT2D eigenvalue weighted by atomic mass is 19.4. The standard InChI is InChI=1S/C14H16F3N3O/c1-8(12-3-2-6-21-12)20-11-5-4-9(14(15,16)17)7-10(11)19-13(20)18/h4-5,7-8,12H,2-3,6H2,1H3,(H2,18,19). The van der Waals surface area contributed by atoms with Crippen molar-refractivity contribution in [2.75, 3.05) is 12.3 Å². The third-order valence-electron chi connectivity index (χ3n) is 3.95. The van der Waals surface area contributed by atoms with Crippen LogP contribution >= 0.6 is 0 Å². The van der Waals surface area contributed by atoms with Crippen molar-refractivity contribution in [1.82, 2.24) is 9.55 Å². The lowest BCUT2D eigenvalue weighted by Crippen LogP contribution is -2.22. The minimum atomic E-state index is -4.38. The lowest BCUT2D eigenvalue weighted by Gasteiger charge is -2.22. The van der Waals surface area contributed by atoms with Crippen LogP contribution in [-0.4, -0.2) is 22.3 Å². The molecule has 0 aliphatic carbocycles. The number of imidazole rings is 1. The number of ether oxygens (including phenoxy) is 1. The van der Waals surface area contributed by atoms with Gasteiger partial charge in [0.05, 0.1) is 28.7 Å². The molecule has 2 heterocycles. The summed E-state index contributed by atoms with van der Waals surface area (Å²) in [6, 6.07) is 3.45. The third-order valence-corrected chi connectivity index (χ3v) is 3.95. The first kappa shape index (κ1) is 14.2. The van der Waals surface area contributed by atoms with Crippen molar-refractivity contribution < 1.29 is 17.9 Å². The molecule has 2 atom stereocenters. The zero-order chi connectivity index (χ0) is 15.2. The molecule has 4 nitrogen and oxygen atoms in total. The van der Waals surface area contributed by atoms with Gasteiger partial charge >= 0.3 is 6.18 Å². The van der Waals surface area contributed by atoms with Crippen LogP contribution in [0, 0.1) is 0 Å². The van der Waals surface area contributed by atoms with E-state index in [9.17, 15) is 13.2 Å². The number of nitrogens with two attached hydrogens (primary N) is 1. The van der Waals surface area contributed by atoms with E-state index in [4.69, 9.17) is 10.5 Å². The van der Waals surface area contributed by atoms with E-state index in [0.29, 0.717) is 12.1 Å². The Labute approximate surface area is 119 Å². The average Bonchev–Trinajstić information content (AvgIpc) is 3.02. The molecule has 2 N–H and O–H groups in total. The Kier molecular flexibility index (Phi) is 3.32. The topological polar surface area (TPSA) is 53.1 Å². The van der Waals surface area contributed by atoms with E-state index in [1.165, 1.54) is 6.07 Å². The minimum absolute atomic E-state index is 0.0204. The number of benzene rings is 1. The zero-order valence-electron chi connectivity index (χ0n) is 11.5. The van der Waals surface area contributed by atoms with Crippen LogP contribution in [0.2, 0.25) is 0 Å². The summed E-state index contributed by atoms with van der Waals surface area (Å²) in [5.74, 6) is 0.215. The van der Waals surface area contributed by atoms with E-state index in [1.807, 2.05) is 6.92 Å². The Morgan fingerprint density at radius 1 is 1.43 bits per heavy atom. The van der Waals surface area contributed by atoms with Crippen LogP contribution < -0.4 is 5.73 Å². The molecule has 1 aromatic carbocycles. The predicted molar refractivity (Wildman–Crippen MR) is 72.8 cm³/mol. The molecule has 7 heteroatoms. The van der Waals surface area contributed by atoms with Gasteiger partial charge in [0.2, 0.25) is 5.95 Å². The molecular weight excluding hydrogens is 283 g/mol. The molecule has 3 rings (SSSR count). The molecule has 2 unspecified atom stereocenters. The summed E-state index contributed by atoms with van der Waals surface area (Å²) in [6.07, 6.45) is -2.46. The quantitative estimate of drug-likeness (QED) is 0.925. The van der Waals surface area contributed by atoms with Crippen LogP contribution in [0.1, 0.15) is 31.4 Å². The molecule has 1 aliphatic heterocycles. The summed E-state index contributed by atoms with van der Waals surface area (Å²) in [7, 11) is 0. The van der Waals surface area contributed by atoms with Crippen molar-refractivity contribution in [3.63, 3.8) is 0 Å². The molecule has 0 saturated carbocycles. The van der Waals surface area contributed by atoms with E-state index in [-0.39, 0.29) is 23.6 Å². The molecular formula is C14H16F3N3O. The lowest BCUT2D eigenvalue weighted by atomic mass is 10.1. The Bertz CT molecular complexity index is 659. The highest BCUT2D eigenvalue weighted by Crippen LogP contribution is 2.34. The second-order valence-corrected chi connectivity index (χ2v) is 5.33. The van der Waals surface area contributed by atoms with Gasteiger partial charge in [-0.2, -0.15) is 13.2 Å². The van der Waals surface area contributed by atoms with Gasteiger partial charge < -0.3 is 15.0 Å². The fraction of sp³-hybridized carbons (Fsp3) is 0.500. The van der Waals surface area contributed by atoms with Crippen molar-refractivity contribution in [2.45, 2.75) is 38.1 Å². The number of alkyl halides is 3. The van der Waals surface area contributed by atoms with Crippen LogP contribution in [0.5, 0.6) is 0 Å². The van der Waals surface area contributed by atoms with Gasteiger partial charge in [-0.15, -0.1) is 0 Å². The molecule has 2 aromatic rings. The van der Waals surface area contributed by atoms with E-state index < -0.39 is 11.7 Å². The van der Waals surface area contributed by atoms with E-state index >= 15 is 0 Å². The lowest BCUT2D eigenvalue weighted by molar-refractivity contribution is -0.137. The predicted octanol–water partition coefficient (Wildman–Crippen LogP) is 3.38.